The summed E-state index contributed by atoms with van der Waals surface area (Å²) >= 11 is 0. The molecule has 2 rings (SSSR count). The van der Waals surface area contributed by atoms with Crippen molar-refractivity contribution in [3.05, 3.63) is 29.8 Å². The Balaban J connectivity index is 1.83. The Morgan fingerprint density at radius 2 is 2.14 bits per heavy atom. The van der Waals surface area contributed by atoms with Crippen molar-refractivity contribution < 1.29 is 14.3 Å². The van der Waals surface area contributed by atoms with Crippen molar-refractivity contribution in [3.63, 3.8) is 0 Å². The van der Waals surface area contributed by atoms with Gasteiger partial charge in [0.05, 0.1) is 13.7 Å². The van der Waals surface area contributed by atoms with Crippen LogP contribution in [0.2, 0.25) is 0 Å². The van der Waals surface area contributed by atoms with E-state index in [1.165, 1.54) is 0 Å². The molecule has 0 bridgehead atoms. The van der Waals surface area contributed by atoms with E-state index in [4.69, 9.17) is 15.2 Å². The van der Waals surface area contributed by atoms with Gasteiger partial charge in [-0.15, -0.1) is 0 Å². The van der Waals surface area contributed by atoms with Crippen LogP contribution in [0.15, 0.2) is 24.3 Å². The molecule has 21 heavy (non-hydrogen) atoms. The van der Waals surface area contributed by atoms with Crippen molar-refractivity contribution in [3.8, 4) is 5.75 Å². The third-order valence-electron chi connectivity index (χ3n) is 3.83. The van der Waals surface area contributed by atoms with Gasteiger partial charge in [0.2, 0.25) is 0 Å². The first-order valence-electron chi connectivity index (χ1n) is 7.39. The molecule has 0 saturated carbocycles. The molecule has 0 spiro atoms. The van der Waals surface area contributed by atoms with Crippen LogP contribution in [0.5, 0.6) is 5.75 Å². The average molecular weight is 292 g/mol. The number of hydrogen-bond acceptors (Lipinski definition) is 4. The Kier molecular flexibility index (Phi) is 5.59. The van der Waals surface area contributed by atoms with E-state index in [1.54, 1.807) is 14.0 Å². The molecule has 1 aromatic carbocycles. The van der Waals surface area contributed by atoms with Gasteiger partial charge in [0, 0.05) is 19.1 Å². The van der Waals surface area contributed by atoms with Crippen LogP contribution in [0.25, 0.3) is 0 Å². The maximum atomic E-state index is 12.3. The molecule has 1 unspecified atom stereocenters. The summed E-state index contributed by atoms with van der Waals surface area (Å²) in [6.45, 7) is 3.66. The molecule has 1 saturated heterocycles. The van der Waals surface area contributed by atoms with E-state index < -0.39 is 6.10 Å². The Hall–Kier alpha value is -1.59. The number of methoxy groups -OCH3 is 1. The molecule has 1 aromatic rings. The van der Waals surface area contributed by atoms with Gasteiger partial charge >= 0.3 is 0 Å². The smallest absolute Gasteiger partial charge is 0.251 e. The lowest BCUT2D eigenvalue weighted by Gasteiger charge is -2.32. The van der Waals surface area contributed by atoms with Gasteiger partial charge in [-0.05, 0) is 37.5 Å². The minimum atomic E-state index is -0.439. The van der Waals surface area contributed by atoms with E-state index in [-0.39, 0.29) is 11.9 Å². The Morgan fingerprint density at radius 1 is 1.43 bits per heavy atom. The fourth-order valence-corrected chi connectivity index (χ4v) is 2.43. The summed E-state index contributed by atoms with van der Waals surface area (Å²) in [7, 11) is 1.63. The predicted octanol–water partition coefficient (Wildman–Crippen LogP) is 1.55. The van der Waals surface area contributed by atoms with Crippen LogP contribution in [0, 0.1) is 0 Å². The number of rotatable bonds is 5. The number of likely N-dealkylation sites (tertiary alicyclic amines) is 1. The van der Waals surface area contributed by atoms with Crippen molar-refractivity contribution in [1.29, 1.82) is 0 Å². The maximum Gasteiger partial charge on any atom is 0.251 e. The van der Waals surface area contributed by atoms with E-state index >= 15 is 0 Å². The Morgan fingerprint density at radius 3 is 2.81 bits per heavy atom. The number of carbonyl (C=O) groups is 1. The minimum Gasteiger partial charge on any atom is -0.497 e. The molecule has 1 aliphatic heterocycles. The van der Waals surface area contributed by atoms with Crippen molar-refractivity contribution in [2.75, 3.05) is 20.2 Å². The Labute approximate surface area is 126 Å². The van der Waals surface area contributed by atoms with Gasteiger partial charge in [-0.1, -0.05) is 12.1 Å². The summed E-state index contributed by atoms with van der Waals surface area (Å²) in [6, 6.07) is 7.89. The SMILES string of the molecule is COc1cccc(COC(C)C(=O)N2CCC(N)CC2)c1. The predicted molar refractivity (Wildman–Crippen MR) is 81.0 cm³/mol. The second-order valence-corrected chi connectivity index (χ2v) is 5.47. The lowest BCUT2D eigenvalue weighted by atomic mass is 10.1. The van der Waals surface area contributed by atoms with Gasteiger partial charge in [-0.25, -0.2) is 0 Å². The van der Waals surface area contributed by atoms with Crippen LogP contribution in [0.3, 0.4) is 0 Å². The summed E-state index contributed by atoms with van der Waals surface area (Å²) in [5, 5.41) is 0. The highest BCUT2D eigenvalue weighted by Crippen LogP contribution is 2.15. The zero-order chi connectivity index (χ0) is 15.2. The summed E-state index contributed by atoms with van der Waals surface area (Å²) in [4.78, 5) is 14.1. The normalized spacial score (nSPS) is 17.6. The molecule has 1 heterocycles. The third-order valence-corrected chi connectivity index (χ3v) is 3.83. The molecule has 116 valence electrons. The van der Waals surface area contributed by atoms with Crippen LogP contribution in [-0.2, 0) is 16.1 Å². The molecular weight excluding hydrogens is 268 g/mol. The van der Waals surface area contributed by atoms with E-state index in [2.05, 4.69) is 0 Å². The lowest BCUT2D eigenvalue weighted by Crippen LogP contribution is -2.46. The summed E-state index contributed by atoms with van der Waals surface area (Å²) < 4.78 is 10.9. The van der Waals surface area contributed by atoms with Crippen LogP contribution < -0.4 is 10.5 Å². The van der Waals surface area contributed by atoms with E-state index in [0.717, 1.165) is 37.2 Å². The van der Waals surface area contributed by atoms with E-state index in [9.17, 15) is 4.79 Å². The van der Waals surface area contributed by atoms with Gasteiger partial charge in [0.25, 0.3) is 5.91 Å². The standard InChI is InChI=1S/C16H24N2O3/c1-12(16(19)18-8-6-14(17)7-9-18)21-11-13-4-3-5-15(10-13)20-2/h3-5,10,12,14H,6-9,11,17H2,1-2H3. The van der Waals surface area contributed by atoms with Crippen molar-refractivity contribution in [2.24, 2.45) is 5.73 Å². The highest BCUT2D eigenvalue weighted by atomic mass is 16.5. The van der Waals surface area contributed by atoms with Crippen LogP contribution in [-0.4, -0.2) is 43.2 Å². The van der Waals surface area contributed by atoms with E-state index in [1.807, 2.05) is 29.2 Å². The average Bonchev–Trinajstić information content (AvgIpc) is 2.53. The summed E-state index contributed by atoms with van der Waals surface area (Å²) in [5.41, 5.74) is 6.85. The van der Waals surface area contributed by atoms with Gasteiger partial charge in [0.15, 0.2) is 0 Å². The number of ether oxygens (including phenoxy) is 2. The largest absolute Gasteiger partial charge is 0.497 e. The van der Waals surface area contributed by atoms with Gasteiger partial charge < -0.3 is 20.1 Å². The number of piperidine rings is 1. The fourth-order valence-electron chi connectivity index (χ4n) is 2.43. The van der Waals surface area contributed by atoms with Gasteiger partial charge in [-0.3, -0.25) is 4.79 Å². The first-order valence-corrected chi connectivity index (χ1v) is 7.39. The number of hydrogen-bond donors (Lipinski definition) is 1. The molecular formula is C16H24N2O3. The second-order valence-electron chi connectivity index (χ2n) is 5.47. The van der Waals surface area contributed by atoms with Gasteiger partial charge in [0.1, 0.15) is 11.9 Å². The maximum absolute atomic E-state index is 12.3. The molecule has 0 aromatic heterocycles. The van der Waals surface area contributed by atoms with Gasteiger partial charge in [-0.2, -0.15) is 0 Å². The van der Waals surface area contributed by atoms with Crippen LogP contribution in [0.1, 0.15) is 25.3 Å². The number of nitrogens with zero attached hydrogens (tertiary/aromatic N) is 1. The first-order chi connectivity index (χ1) is 10.1. The second kappa shape index (κ2) is 7.43. The molecule has 1 aliphatic rings. The molecule has 5 nitrogen and oxygen atoms in total. The minimum absolute atomic E-state index is 0.0461. The lowest BCUT2D eigenvalue weighted by molar-refractivity contribution is -0.144. The topological polar surface area (TPSA) is 64.8 Å². The monoisotopic (exact) mass is 292 g/mol. The highest BCUT2D eigenvalue weighted by Gasteiger charge is 2.24. The highest BCUT2D eigenvalue weighted by molar-refractivity contribution is 5.80. The van der Waals surface area contributed by atoms with Crippen molar-refractivity contribution in [1.82, 2.24) is 4.90 Å². The molecule has 5 heteroatoms. The Bertz CT molecular complexity index is 470. The van der Waals surface area contributed by atoms with Crippen molar-refractivity contribution in [2.45, 2.75) is 38.5 Å². The van der Waals surface area contributed by atoms with Crippen LogP contribution >= 0.6 is 0 Å². The number of nitrogens with two attached hydrogens (primary N) is 1. The molecule has 1 fully saturated rings. The van der Waals surface area contributed by atoms with Crippen molar-refractivity contribution >= 4 is 5.91 Å². The quantitative estimate of drug-likeness (QED) is 0.894. The summed E-state index contributed by atoms with van der Waals surface area (Å²) in [6.07, 6.45) is 1.30. The van der Waals surface area contributed by atoms with Crippen LogP contribution in [0.4, 0.5) is 0 Å². The first kappa shape index (κ1) is 15.8. The zero-order valence-electron chi connectivity index (χ0n) is 12.7. The molecule has 0 radical (unpaired) electrons. The number of carbonyl (C=O) groups excluding carboxylic acids is 1. The molecule has 1 amide bonds. The number of benzene rings is 1. The van der Waals surface area contributed by atoms with E-state index in [0.29, 0.717) is 6.61 Å². The number of amides is 1. The molecule has 2 N–H and O–H groups in total. The molecule has 1 atom stereocenters. The third kappa shape index (κ3) is 4.44. The zero-order valence-corrected chi connectivity index (χ0v) is 12.7. The fraction of sp³-hybridized carbons (Fsp3) is 0.562. The molecule has 0 aliphatic carbocycles. The summed E-state index contributed by atoms with van der Waals surface area (Å²) in [5.74, 6) is 0.838.